The average Bonchev–Trinajstić information content (AvgIpc) is 2.42. The van der Waals surface area contributed by atoms with Crippen molar-refractivity contribution in [2.24, 2.45) is 0 Å². The van der Waals surface area contributed by atoms with E-state index in [1.54, 1.807) is 6.92 Å². The van der Waals surface area contributed by atoms with Crippen molar-refractivity contribution < 1.29 is 19.4 Å². The summed E-state index contributed by atoms with van der Waals surface area (Å²) in [6.45, 7) is 2.01. The minimum Gasteiger partial charge on any atom is -0.479 e. The number of carbonyl (C=O) groups excluding carboxylic acids is 1. The molecule has 0 radical (unpaired) electrons. The van der Waals surface area contributed by atoms with Crippen LogP contribution in [0.25, 0.3) is 0 Å². The standard InChI is InChI=1S/C14H19NO4/c1-2-19-12(14(17)18)10-15-13(16)9-8-11-6-4-3-5-7-11/h3-7,12H,2,8-10H2,1H3,(H,15,16)(H,17,18). The summed E-state index contributed by atoms with van der Waals surface area (Å²) in [5.41, 5.74) is 1.08. The van der Waals surface area contributed by atoms with Crippen molar-refractivity contribution in [1.82, 2.24) is 5.32 Å². The molecule has 1 aromatic rings. The van der Waals surface area contributed by atoms with E-state index in [-0.39, 0.29) is 12.5 Å². The molecule has 5 nitrogen and oxygen atoms in total. The Bertz CT molecular complexity index is 405. The summed E-state index contributed by atoms with van der Waals surface area (Å²) < 4.78 is 5.00. The van der Waals surface area contributed by atoms with E-state index in [0.717, 1.165) is 5.56 Å². The number of carboxylic acids is 1. The average molecular weight is 265 g/mol. The van der Waals surface area contributed by atoms with Crippen molar-refractivity contribution in [3.63, 3.8) is 0 Å². The smallest absolute Gasteiger partial charge is 0.334 e. The fourth-order valence-corrected chi connectivity index (χ4v) is 1.62. The minimum absolute atomic E-state index is 0.00318. The Kier molecular flexibility index (Phi) is 6.60. The van der Waals surface area contributed by atoms with Crippen LogP contribution in [-0.2, 0) is 20.7 Å². The SMILES string of the molecule is CCOC(CNC(=O)CCc1ccccc1)C(=O)O. The lowest BCUT2D eigenvalue weighted by atomic mass is 10.1. The second-order valence-corrected chi connectivity index (χ2v) is 4.07. The van der Waals surface area contributed by atoms with Crippen LogP contribution >= 0.6 is 0 Å². The normalized spacial score (nSPS) is 11.8. The molecule has 5 heteroatoms. The molecule has 0 heterocycles. The molecule has 1 atom stereocenters. The van der Waals surface area contributed by atoms with Crippen LogP contribution in [0.5, 0.6) is 0 Å². The second kappa shape index (κ2) is 8.26. The monoisotopic (exact) mass is 265 g/mol. The number of nitrogens with one attached hydrogen (secondary N) is 1. The summed E-state index contributed by atoms with van der Waals surface area (Å²) in [4.78, 5) is 22.4. The van der Waals surface area contributed by atoms with Gasteiger partial charge in [0.05, 0.1) is 6.54 Å². The highest BCUT2D eigenvalue weighted by Crippen LogP contribution is 2.02. The van der Waals surface area contributed by atoms with Gasteiger partial charge in [-0.1, -0.05) is 30.3 Å². The van der Waals surface area contributed by atoms with Crippen LogP contribution < -0.4 is 5.32 Å². The van der Waals surface area contributed by atoms with Crippen LogP contribution in [0, 0.1) is 0 Å². The zero-order valence-corrected chi connectivity index (χ0v) is 11.0. The Morgan fingerprint density at radius 1 is 1.32 bits per heavy atom. The van der Waals surface area contributed by atoms with Gasteiger partial charge in [0.1, 0.15) is 0 Å². The summed E-state index contributed by atoms with van der Waals surface area (Å²) in [6.07, 6.45) is -0.00712. The molecule has 0 aliphatic carbocycles. The van der Waals surface area contributed by atoms with Gasteiger partial charge in [-0.2, -0.15) is 0 Å². The molecule has 0 spiro atoms. The van der Waals surface area contributed by atoms with E-state index in [2.05, 4.69) is 5.32 Å². The van der Waals surface area contributed by atoms with Crippen molar-refractivity contribution in [2.75, 3.05) is 13.2 Å². The number of aryl methyl sites for hydroxylation is 1. The van der Waals surface area contributed by atoms with Crippen LogP contribution in [0.1, 0.15) is 18.9 Å². The first kappa shape index (κ1) is 15.2. The lowest BCUT2D eigenvalue weighted by Crippen LogP contribution is -2.38. The molecular formula is C14H19NO4. The highest BCUT2D eigenvalue weighted by molar-refractivity contribution is 5.78. The lowest BCUT2D eigenvalue weighted by Gasteiger charge is -2.13. The van der Waals surface area contributed by atoms with Crippen molar-refractivity contribution in [3.05, 3.63) is 35.9 Å². The fourth-order valence-electron chi connectivity index (χ4n) is 1.62. The molecule has 2 N–H and O–H groups in total. The van der Waals surface area contributed by atoms with Crippen LogP contribution in [0.2, 0.25) is 0 Å². The van der Waals surface area contributed by atoms with Gasteiger partial charge in [-0.05, 0) is 18.9 Å². The molecule has 0 bridgehead atoms. The maximum absolute atomic E-state index is 11.6. The van der Waals surface area contributed by atoms with E-state index in [9.17, 15) is 9.59 Å². The molecule has 1 aromatic carbocycles. The van der Waals surface area contributed by atoms with Gasteiger partial charge in [0.25, 0.3) is 0 Å². The minimum atomic E-state index is -1.06. The Morgan fingerprint density at radius 2 is 2.00 bits per heavy atom. The van der Waals surface area contributed by atoms with Gasteiger partial charge < -0.3 is 15.2 Å². The Balaban J connectivity index is 2.29. The predicted molar refractivity (Wildman–Crippen MR) is 70.8 cm³/mol. The molecule has 19 heavy (non-hydrogen) atoms. The molecule has 0 aliphatic heterocycles. The van der Waals surface area contributed by atoms with E-state index in [0.29, 0.717) is 19.4 Å². The first-order valence-electron chi connectivity index (χ1n) is 6.28. The third-order valence-corrected chi connectivity index (χ3v) is 2.61. The molecule has 104 valence electrons. The van der Waals surface area contributed by atoms with Crippen molar-refractivity contribution in [2.45, 2.75) is 25.9 Å². The number of carboxylic acid groups (broad SMARTS) is 1. The quantitative estimate of drug-likeness (QED) is 0.741. The van der Waals surface area contributed by atoms with Gasteiger partial charge >= 0.3 is 5.97 Å². The molecule has 0 aliphatic rings. The molecule has 0 aromatic heterocycles. The van der Waals surface area contributed by atoms with Crippen molar-refractivity contribution >= 4 is 11.9 Å². The molecule has 0 saturated heterocycles. The van der Waals surface area contributed by atoms with Gasteiger partial charge in [-0.15, -0.1) is 0 Å². The number of aliphatic carboxylic acids is 1. The predicted octanol–water partition coefficient (Wildman–Crippen LogP) is 1.23. The number of hydrogen-bond donors (Lipinski definition) is 2. The summed E-state index contributed by atoms with van der Waals surface area (Å²) in [5.74, 6) is -1.24. The highest BCUT2D eigenvalue weighted by Gasteiger charge is 2.17. The topological polar surface area (TPSA) is 75.6 Å². The van der Waals surface area contributed by atoms with Gasteiger partial charge in [-0.3, -0.25) is 4.79 Å². The van der Waals surface area contributed by atoms with E-state index < -0.39 is 12.1 Å². The third-order valence-electron chi connectivity index (χ3n) is 2.61. The highest BCUT2D eigenvalue weighted by atomic mass is 16.5. The molecule has 0 saturated carbocycles. The Hall–Kier alpha value is -1.88. The maximum Gasteiger partial charge on any atom is 0.334 e. The largest absolute Gasteiger partial charge is 0.479 e. The lowest BCUT2D eigenvalue weighted by molar-refractivity contribution is -0.149. The number of benzene rings is 1. The zero-order chi connectivity index (χ0) is 14.1. The van der Waals surface area contributed by atoms with E-state index in [1.807, 2.05) is 30.3 Å². The maximum atomic E-state index is 11.6. The van der Waals surface area contributed by atoms with Crippen LogP contribution in [-0.4, -0.2) is 36.2 Å². The first-order chi connectivity index (χ1) is 9.13. The number of ether oxygens (including phenoxy) is 1. The number of hydrogen-bond acceptors (Lipinski definition) is 3. The fraction of sp³-hybridized carbons (Fsp3) is 0.429. The molecular weight excluding hydrogens is 246 g/mol. The summed E-state index contributed by atoms with van der Waals surface area (Å²) in [6, 6.07) is 9.66. The Labute approximate surface area is 112 Å². The molecule has 1 rings (SSSR count). The summed E-state index contributed by atoms with van der Waals surface area (Å²) >= 11 is 0. The second-order valence-electron chi connectivity index (χ2n) is 4.07. The number of amides is 1. The zero-order valence-electron chi connectivity index (χ0n) is 11.0. The molecule has 0 fully saturated rings. The molecule has 1 unspecified atom stereocenters. The summed E-state index contributed by atoms with van der Waals surface area (Å²) in [5, 5.41) is 11.4. The Morgan fingerprint density at radius 3 is 2.58 bits per heavy atom. The molecule has 1 amide bonds. The van der Waals surface area contributed by atoms with Crippen LogP contribution in [0.15, 0.2) is 30.3 Å². The number of carbonyl (C=O) groups is 2. The summed E-state index contributed by atoms with van der Waals surface area (Å²) in [7, 11) is 0. The third kappa shape index (κ3) is 6.01. The van der Waals surface area contributed by atoms with Crippen LogP contribution in [0.4, 0.5) is 0 Å². The van der Waals surface area contributed by atoms with E-state index >= 15 is 0 Å². The van der Waals surface area contributed by atoms with Gasteiger partial charge in [0.15, 0.2) is 6.10 Å². The van der Waals surface area contributed by atoms with Gasteiger partial charge in [0.2, 0.25) is 5.91 Å². The first-order valence-corrected chi connectivity index (χ1v) is 6.28. The van der Waals surface area contributed by atoms with E-state index in [4.69, 9.17) is 9.84 Å². The van der Waals surface area contributed by atoms with Crippen molar-refractivity contribution in [1.29, 1.82) is 0 Å². The van der Waals surface area contributed by atoms with Crippen LogP contribution in [0.3, 0.4) is 0 Å². The van der Waals surface area contributed by atoms with Crippen molar-refractivity contribution in [3.8, 4) is 0 Å². The van der Waals surface area contributed by atoms with Gasteiger partial charge in [-0.25, -0.2) is 4.79 Å². The van der Waals surface area contributed by atoms with Gasteiger partial charge in [0, 0.05) is 13.0 Å². The van der Waals surface area contributed by atoms with E-state index in [1.165, 1.54) is 0 Å². The number of rotatable bonds is 8.